The van der Waals surface area contributed by atoms with Crippen LogP contribution < -0.4 is 0 Å². The molecule has 1 aliphatic heterocycles. The largest absolute Gasteiger partial charge is 0.389 e. The summed E-state index contributed by atoms with van der Waals surface area (Å²) in [6, 6.07) is 10.8. The van der Waals surface area contributed by atoms with E-state index in [1.54, 1.807) is 0 Å². The Morgan fingerprint density at radius 3 is 2.56 bits per heavy atom. The number of nitrogens with zero attached hydrogens (tertiary/aromatic N) is 1. The zero-order valence-electron chi connectivity index (χ0n) is 11.8. The minimum absolute atomic E-state index is 0.265. The molecule has 1 heterocycles. The highest BCUT2D eigenvalue weighted by molar-refractivity contribution is 5.15. The van der Waals surface area contributed by atoms with Gasteiger partial charge in [-0.2, -0.15) is 0 Å². The number of benzene rings is 1. The Balaban J connectivity index is 2.10. The molecule has 18 heavy (non-hydrogen) atoms. The van der Waals surface area contributed by atoms with Crippen LogP contribution in [0.4, 0.5) is 0 Å². The van der Waals surface area contributed by atoms with Crippen LogP contribution in [0.3, 0.4) is 0 Å². The molecule has 1 saturated heterocycles. The third-order valence-electron chi connectivity index (χ3n) is 4.02. The van der Waals surface area contributed by atoms with Crippen LogP contribution in [0.2, 0.25) is 0 Å². The molecule has 1 N–H and O–H groups in total. The molecular formula is C16H25NO. The minimum Gasteiger partial charge on any atom is -0.389 e. The van der Waals surface area contributed by atoms with Crippen LogP contribution in [0.1, 0.15) is 39.2 Å². The van der Waals surface area contributed by atoms with Gasteiger partial charge in [0.15, 0.2) is 0 Å². The summed E-state index contributed by atoms with van der Waals surface area (Å²) in [5.41, 5.74) is 0.713. The Morgan fingerprint density at radius 2 is 1.94 bits per heavy atom. The van der Waals surface area contributed by atoms with Crippen LogP contribution in [0.25, 0.3) is 0 Å². The minimum atomic E-state index is -0.622. The van der Waals surface area contributed by atoms with Crippen molar-refractivity contribution in [1.82, 2.24) is 4.90 Å². The van der Waals surface area contributed by atoms with Crippen molar-refractivity contribution in [2.75, 3.05) is 6.54 Å². The summed E-state index contributed by atoms with van der Waals surface area (Å²) < 4.78 is 0. The van der Waals surface area contributed by atoms with Gasteiger partial charge in [-0.1, -0.05) is 37.3 Å². The van der Waals surface area contributed by atoms with Gasteiger partial charge in [-0.25, -0.2) is 0 Å². The molecular weight excluding hydrogens is 222 g/mol. The average Bonchev–Trinajstić information content (AvgIpc) is 2.31. The maximum absolute atomic E-state index is 10.4. The molecule has 0 amide bonds. The zero-order valence-corrected chi connectivity index (χ0v) is 11.8. The lowest BCUT2D eigenvalue weighted by atomic mass is 9.83. The van der Waals surface area contributed by atoms with E-state index in [-0.39, 0.29) is 6.04 Å². The Labute approximate surface area is 111 Å². The van der Waals surface area contributed by atoms with Crippen LogP contribution in [0, 0.1) is 5.92 Å². The van der Waals surface area contributed by atoms with Crippen LogP contribution in [0.5, 0.6) is 0 Å². The normalized spacial score (nSPS) is 26.2. The zero-order chi connectivity index (χ0) is 13.2. The molecule has 0 spiro atoms. The first-order chi connectivity index (χ1) is 8.47. The van der Waals surface area contributed by atoms with Gasteiger partial charge < -0.3 is 5.11 Å². The molecule has 2 nitrogen and oxygen atoms in total. The van der Waals surface area contributed by atoms with Gasteiger partial charge in [0.2, 0.25) is 0 Å². The van der Waals surface area contributed by atoms with E-state index in [4.69, 9.17) is 0 Å². The van der Waals surface area contributed by atoms with Gasteiger partial charge in [-0.15, -0.1) is 0 Å². The quantitative estimate of drug-likeness (QED) is 0.887. The molecule has 2 rings (SSSR count). The smallest absolute Gasteiger partial charge is 0.0746 e. The highest BCUT2D eigenvalue weighted by Gasteiger charge is 2.36. The van der Waals surface area contributed by atoms with Crippen LogP contribution in [-0.2, 0) is 6.54 Å². The second kappa shape index (κ2) is 5.41. The first-order valence-corrected chi connectivity index (χ1v) is 6.97. The van der Waals surface area contributed by atoms with Gasteiger partial charge in [0.25, 0.3) is 0 Å². The predicted molar refractivity (Wildman–Crippen MR) is 75.3 cm³/mol. The summed E-state index contributed by atoms with van der Waals surface area (Å²) in [4.78, 5) is 2.44. The van der Waals surface area contributed by atoms with Gasteiger partial charge in [-0.05, 0) is 44.7 Å². The van der Waals surface area contributed by atoms with E-state index in [1.165, 1.54) is 12.0 Å². The van der Waals surface area contributed by atoms with E-state index in [0.29, 0.717) is 5.92 Å². The fourth-order valence-electron chi connectivity index (χ4n) is 2.93. The van der Waals surface area contributed by atoms with Crippen molar-refractivity contribution in [3.63, 3.8) is 0 Å². The van der Waals surface area contributed by atoms with E-state index in [0.717, 1.165) is 19.5 Å². The van der Waals surface area contributed by atoms with Gasteiger partial charge in [0.1, 0.15) is 0 Å². The Bertz CT molecular complexity index is 368. The first kappa shape index (κ1) is 13.6. The highest BCUT2D eigenvalue weighted by Crippen LogP contribution is 2.30. The van der Waals surface area contributed by atoms with E-state index in [9.17, 15) is 5.11 Å². The lowest BCUT2D eigenvalue weighted by molar-refractivity contribution is -0.0499. The molecule has 1 aromatic rings. The summed E-state index contributed by atoms with van der Waals surface area (Å²) >= 11 is 0. The van der Waals surface area contributed by atoms with Gasteiger partial charge in [0, 0.05) is 12.6 Å². The standard InChI is InChI=1S/C16H25NO/c1-13-9-10-17(15(11-13)16(2,3)18)12-14-7-5-4-6-8-14/h4-8,13,15,18H,9-12H2,1-3H3. The second-order valence-electron chi connectivity index (χ2n) is 6.26. The number of hydrogen-bond donors (Lipinski definition) is 1. The van der Waals surface area contributed by atoms with Gasteiger partial charge >= 0.3 is 0 Å². The van der Waals surface area contributed by atoms with Crippen molar-refractivity contribution in [3.8, 4) is 0 Å². The number of hydrogen-bond acceptors (Lipinski definition) is 2. The molecule has 0 aromatic heterocycles. The lowest BCUT2D eigenvalue weighted by Crippen LogP contribution is -2.52. The Hall–Kier alpha value is -0.860. The molecule has 0 radical (unpaired) electrons. The number of likely N-dealkylation sites (tertiary alicyclic amines) is 1. The molecule has 1 aliphatic rings. The third-order valence-corrected chi connectivity index (χ3v) is 4.02. The average molecular weight is 247 g/mol. The number of aliphatic hydroxyl groups is 1. The molecule has 100 valence electrons. The summed E-state index contributed by atoms with van der Waals surface area (Å²) in [7, 11) is 0. The van der Waals surface area contributed by atoms with Crippen LogP contribution in [-0.4, -0.2) is 28.2 Å². The molecule has 1 fully saturated rings. The van der Waals surface area contributed by atoms with E-state index in [1.807, 2.05) is 13.8 Å². The molecule has 0 bridgehead atoms. The van der Waals surface area contributed by atoms with Crippen molar-refractivity contribution >= 4 is 0 Å². The van der Waals surface area contributed by atoms with Gasteiger partial charge in [-0.3, -0.25) is 4.90 Å². The monoisotopic (exact) mass is 247 g/mol. The number of piperidine rings is 1. The van der Waals surface area contributed by atoms with Crippen molar-refractivity contribution in [2.24, 2.45) is 5.92 Å². The van der Waals surface area contributed by atoms with Crippen LogP contribution in [0.15, 0.2) is 30.3 Å². The van der Waals surface area contributed by atoms with Crippen molar-refractivity contribution in [2.45, 2.75) is 51.8 Å². The summed E-state index contributed by atoms with van der Waals surface area (Å²) in [6.45, 7) is 8.20. The second-order valence-corrected chi connectivity index (χ2v) is 6.26. The molecule has 2 unspecified atom stereocenters. The predicted octanol–water partition coefficient (Wildman–Crippen LogP) is 3.06. The van der Waals surface area contributed by atoms with Crippen molar-refractivity contribution in [3.05, 3.63) is 35.9 Å². The third kappa shape index (κ3) is 3.33. The maximum atomic E-state index is 10.4. The summed E-state index contributed by atoms with van der Waals surface area (Å²) in [5.74, 6) is 0.716. The van der Waals surface area contributed by atoms with Gasteiger partial charge in [0.05, 0.1) is 5.60 Å². The molecule has 1 aromatic carbocycles. The highest BCUT2D eigenvalue weighted by atomic mass is 16.3. The summed E-state index contributed by atoms with van der Waals surface area (Å²) in [6.07, 6.45) is 2.33. The first-order valence-electron chi connectivity index (χ1n) is 6.97. The van der Waals surface area contributed by atoms with E-state index < -0.39 is 5.60 Å². The fraction of sp³-hybridized carbons (Fsp3) is 0.625. The van der Waals surface area contributed by atoms with E-state index in [2.05, 4.69) is 42.2 Å². The Kier molecular flexibility index (Phi) is 4.08. The fourth-order valence-corrected chi connectivity index (χ4v) is 2.93. The Morgan fingerprint density at radius 1 is 1.28 bits per heavy atom. The SMILES string of the molecule is CC1CCN(Cc2ccccc2)C(C(C)(C)O)C1. The molecule has 2 heteroatoms. The molecule has 0 aliphatic carbocycles. The summed E-state index contributed by atoms with van der Waals surface area (Å²) in [5, 5.41) is 10.4. The topological polar surface area (TPSA) is 23.5 Å². The lowest BCUT2D eigenvalue weighted by Gasteiger charge is -2.44. The molecule has 2 atom stereocenters. The molecule has 0 saturated carbocycles. The maximum Gasteiger partial charge on any atom is 0.0746 e. The van der Waals surface area contributed by atoms with E-state index >= 15 is 0 Å². The van der Waals surface area contributed by atoms with Crippen molar-refractivity contribution in [1.29, 1.82) is 0 Å². The van der Waals surface area contributed by atoms with Crippen LogP contribution >= 0.6 is 0 Å². The van der Waals surface area contributed by atoms with Crippen molar-refractivity contribution < 1.29 is 5.11 Å². The number of rotatable bonds is 3.